The van der Waals surface area contributed by atoms with Gasteiger partial charge in [0.25, 0.3) is 0 Å². The molecule has 1 aliphatic heterocycles. The van der Waals surface area contributed by atoms with Gasteiger partial charge in [0.05, 0.1) is 36.4 Å². The van der Waals surface area contributed by atoms with E-state index in [0.29, 0.717) is 11.3 Å². The Morgan fingerprint density at radius 2 is 2.07 bits per heavy atom. The molecule has 0 radical (unpaired) electrons. The summed E-state index contributed by atoms with van der Waals surface area (Å²) in [6.07, 6.45) is 7.52. The standard InChI is InChI=1S/C20H17FN8O/c1-12-8-28(19(30)20(12,11-23)14-2-3-14)18-17-15(21)7-25-29(17)10-16(26-18)13-6-24-27(9-13)5-4-22/h6-7,9-10,12,14H,2-3,5,8H2,1H3/t12-,20+/m1/s1. The van der Waals surface area contributed by atoms with Crippen molar-refractivity contribution in [3.05, 3.63) is 30.6 Å². The molecule has 1 saturated heterocycles. The monoisotopic (exact) mass is 404 g/mol. The normalized spacial score (nSPS) is 23.7. The van der Waals surface area contributed by atoms with Crippen LogP contribution < -0.4 is 4.90 Å². The molecule has 2 aliphatic rings. The number of amides is 1. The van der Waals surface area contributed by atoms with Crippen LogP contribution in [-0.4, -0.2) is 36.8 Å². The molecule has 3 aromatic heterocycles. The van der Waals surface area contributed by atoms with E-state index in [1.165, 1.54) is 14.1 Å². The first-order valence-electron chi connectivity index (χ1n) is 9.66. The van der Waals surface area contributed by atoms with Crippen LogP contribution in [-0.2, 0) is 11.3 Å². The molecular formula is C20H17FN8O. The van der Waals surface area contributed by atoms with Crippen LogP contribution in [0.15, 0.2) is 24.8 Å². The first-order chi connectivity index (χ1) is 14.5. The van der Waals surface area contributed by atoms with Crippen molar-refractivity contribution in [2.75, 3.05) is 11.4 Å². The Bertz CT molecular complexity index is 1260. The molecule has 3 aromatic rings. The Morgan fingerprint density at radius 3 is 2.77 bits per heavy atom. The minimum absolute atomic E-state index is 0.0353. The molecule has 0 spiro atoms. The van der Waals surface area contributed by atoms with Gasteiger partial charge in [0.1, 0.15) is 17.5 Å². The van der Waals surface area contributed by atoms with Gasteiger partial charge in [-0.15, -0.1) is 0 Å². The number of carbonyl (C=O) groups is 1. The molecule has 2 fully saturated rings. The number of nitrogens with zero attached hydrogens (tertiary/aromatic N) is 8. The lowest BCUT2D eigenvalue weighted by molar-refractivity contribution is -0.124. The van der Waals surface area contributed by atoms with Crippen molar-refractivity contribution in [3.8, 4) is 23.4 Å². The summed E-state index contributed by atoms with van der Waals surface area (Å²) in [4.78, 5) is 19.4. The fraction of sp³-hybridized carbons (Fsp3) is 0.400. The van der Waals surface area contributed by atoms with Crippen molar-refractivity contribution in [1.29, 1.82) is 10.5 Å². The van der Waals surface area contributed by atoms with E-state index in [1.54, 1.807) is 18.6 Å². The fourth-order valence-electron chi connectivity index (χ4n) is 4.42. The van der Waals surface area contributed by atoms with E-state index < -0.39 is 11.2 Å². The van der Waals surface area contributed by atoms with Crippen molar-refractivity contribution in [3.63, 3.8) is 0 Å². The summed E-state index contributed by atoms with van der Waals surface area (Å²) in [5.74, 6) is -0.936. The topological polar surface area (TPSA) is 116 Å². The highest BCUT2D eigenvalue weighted by Gasteiger charge is 2.61. The van der Waals surface area contributed by atoms with Crippen molar-refractivity contribution >= 4 is 17.2 Å². The molecule has 0 unspecified atom stereocenters. The SMILES string of the molecule is C[C@@H]1CN(c2nc(-c3cnn(CC#N)c3)cn3ncc(F)c23)C(=O)[C@]1(C#N)C1CC1. The zero-order chi connectivity index (χ0) is 21.0. The van der Waals surface area contributed by atoms with E-state index >= 15 is 0 Å². The maximum absolute atomic E-state index is 14.6. The second-order valence-corrected chi connectivity index (χ2v) is 7.89. The van der Waals surface area contributed by atoms with Crippen LogP contribution in [0.1, 0.15) is 19.8 Å². The number of aromatic nitrogens is 5. The average molecular weight is 404 g/mol. The molecule has 0 bridgehead atoms. The summed E-state index contributed by atoms with van der Waals surface area (Å²) in [6, 6.07) is 4.29. The average Bonchev–Trinajstić information content (AvgIpc) is 3.27. The number of rotatable bonds is 4. The number of halogens is 1. The molecular weight excluding hydrogens is 387 g/mol. The van der Waals surface area contributed by atoms with Gasteiger partial charge in [-0.2, -0.15) is 20.7 Å². The van der Waals surface area contributed by atoms with E-state index in [2.05, 4.69) is 21.3 Å². The summed E-state index contributed by atoms with van der Waals surface area (Å²) in [7, 11) is 0. The molecule has 9 nitrogen and oxygen atoms in total. The summed E-state index contributed by atoms with van der Waals surface area (Å²) >= 11 is 0. The van der Waals surface area contributed by atoms with Gasteiger partial charge in [0.15, 0.2) is 11.6 Å². The van der Waals surface area contributed by atoms with E-state index in [1.807, 2.05) is 13.0 Å². The van der Waals surface area contributed by atoms with Gasteiger partial charge in [0, 0.05) is 24.2 Å². The lowest BCUT2D eigenvalue weighted by Crippen LogP contribution is -2.37. The van der Waals surface area contributed by atoms with Crippen LogP contribution >= 0.6 is 0 Å². The number of carbonyl (C=O) groups excluding carboxylic acids is 1. The maximum atomic E-state index is 14.6. The van der Waals surface area contributed by atoms with Crippen molar-refractivity contribution in [2.24, 2.45) is 17.3 Å². The van der Waals surface area contributed by atoms with Gasteiger partial charge in [-0.3, -0.25) is 14.4 Å². The van der Waals surface area contributed by atoms with Gasteiger partial charge in [-0.05, 0) is 18.8 Å². The van der Waals surface area contributed by atoms with Gasteiger partial charge >= 0.3 is 0 Å². The second-order valence-electron chi connectivity index (χ2n) is 7.89. The van der Waals surface area contributed by atoms with Gasteiger partial charge in [0.2, 0.25) is 5.91 Å². The van der Waals surface area contributed by atoms with Crippen LogP contribution in [0.2, 0.25) is 0 Å². The summed E-state index contributed by atoms with van der Waals surface area (Å²) in [5.41, 5.74) is 0.0418. The minimum atomic E-state index is -1.09. The lowest BCUT2D eigenvalue weighted by Gasteiger charge is -2.23. The molecule has 0 aromatic carbocycles. The molecule has 1 saturated carbocycles. The van der Waals surface area contributed by atoms with Gasteiger partial charge in [-0.25, -0.2) is 13.9 Å². The zero-order valence-electron chi connectivity index (χ0n) is 16.2. The molecule has 4 heterocycles. The summed E-state index contributed by atoms with van der Waals surface area (Å²) in [5, 5.41) is 26.9. The third-order valence-corrected chi connectivity index (χ3v) is 6.09. The number of hydrogen-bond acceptors (Lipinski definition) is 6. The van der Waals surface area contributed by atoms with Gasteiger partial charge in [-0.1, -0.05) is 6.92 Å². The maximum Gasteiger partial charge on any atom is 0.249 e. The Kier molecular flexibility index (Phi) is 3.87. The Labute approximate surface area is 170 Å². The number of nitriles is 2. The summed E-state index contributed by atoms with van der Waals surface area (Å²) in [6.45, 7) is 2.26. The largest absolute Gasteiger partial charge is 0.293 e. The van der Waals surface area contributed by atoms with Crippen LogP contribution in [0.25, 0.3) is 16.8 Å². The van der Waals surface area contributed by atoms with E-state index in [9.17, 15) is 14.4 Å². The van der Waals surface area contributed by atoms with Crippen LogP contribution in [0.4, 0.5) is 10.2 Å². The number of hydrogen-bond donors (Lipinski definition) is 0. The molecule has 10 heteroatoms. The highest BCUT2D eigenvalue weighted by molar-refractivity contribution is 6.04. The van der Waals surface area contributed by atoms with E-state index in [0.717, 1.165) is 19.0 Å². The smallest absolute Gasteiger partial charge is 0.249 e. The zero-order valence-corrected chi connectivity index (χ0v) is 16.2. The van der Waals surface area contributed by atoms with Crippen LogP contribution in [0.5, 0.6) is 0 Å². The molecule has 30 heavy (non-hydrogen) atoms. The lowest BCUT2D eigenvalue weighted by atomic mass is 9.75. The van der Waals surface area contributed by atoms with Crippen LogP contribution in [0, 0.1) is 45.7 Å². The molecule has 5 rings (SSSR count). The van der Waals surface area contributed by atoms with Gasteiger partial charge < -0.3 is 0 Å². The highest BCUT2D eigenvalue weighted by atomic mass is 19.1. The third kappa shape index (κ3) is 2.43. The van der Waals surface area contributed by atoms with Crippen molar-refractivity contribution in [2.45, 2.75) is 26.3 Å². The highest BCUT2D eigenvalue weighted by Crippen LogP contribution is 2.54. The molecule has 2 atom stereocenters. The first-order valence-corrected chi connectivity index (χ1v) is 9.66. The molecule has 0 N–H and O–H groups in total. The van der Waals surface area contributed by atoms with Crippen molar-refractivity contribution < 1.29 is 9.18 Å². The Balaban J connectivity index is 1.65. The predicted molar refractivity (Wildman–Crippen MR) is 102 cm³/mol. The summed E-state index contributed by atoms with van der Waals surface area (Å²) < 4.78 is 17.4. The second kappa shape index (κ2) is 6.36. The minimum Gasteiger partial charge on any atom is -0.293 e. The van der Waals surface area contributed by atoms with Crippen molar-refractivity contribution in [1.82, 2.24) is 24.4 Å². The molecule has 1 amide bonds. The first kappa shape index (κ1) is 18.3. The van der Waals surface area contributed by atoms with E-state index in [4.69, 9.17) is 5.26 Å². The number of fused-ring (bicyclic) bond motifs is 1. The predicted octanol–water partition coefficient (Wildman–Crippen LogP) is 2.16. The quantitative estimate of drug-likeness (QED) is 0.658. The fourth-order valence-corrected chi connectivity index (χ4v) is 4.42. The number of anilines is 1. The Morgan fingerprint density at radius 1 is 1.27 bits per heavy atom. The van der Waals surface area contributed by atoms with Crippen LogP contribution in [0.3, 0.4) is 0 Å². The Hall–Kier alpha value is -3.79. The van der Waals surface area contributed by atoms with E-state index in [-0.39, 0.29) is 42.2 Å². The molecule has 1 aliphatic carbocycles. The molecule has 150 valence electrons. The third-order valence-electron chi connectivity index (χ3n) is 6.09.